The molecule has 0 fully saturated rings. The smallest absolute Gasteiger partial charge is 0.435 e. The van der Waals surface area contributed by atoms with E-state index >= 15 is 0 Å². The van der Waals surface area contributed by atoms with Crippen LogP contribution in [0.25, 0.3) is 15.9 Å². The molecule has 9 heteroatoms. The monoisotopic (exact) mass is 391 g/mol. The van der Waals surface area contributed by atoms with E-state index in [1.807, 2.05) is 0 Å². The van der Waals surface area contributed by atoms with Gasteiger partial charge in [-0.1, -0.05) is 18.2 Å². The van der Waals surface area contributed by atoms with Crippen LogP contribution in [0.4, 0.5) is 13.2 Å². The lowest BCUT2D eigenvalue weighted by molar-refractivity contribution is -0.140. The second kappa shape index (κ2) is 6.58. The summed E-state index contributed by atoms with van der Waals surface area (Å²) in [6.07, 6.45) is -3.15. The molecule has 27 heavy (non-hydrogen) atoms. The normalized spacial score (nSPS) is 11.8. The van der Waals surface area contributed by atoms with Gasteiger partial charge >= 0.3 is 6.18 Å². The molecule has 0 saturated heterocycles. The molecule has 1 N–H and O–H groups in total. The average molecular weight is 391 g/mol. The summed E-state index contributed by atoms with van der Waals surface area (Å²) in [4.78, 5) is 12.8. The van der Waals surface area contributed by atoms with Crippen LogP contribution in [0.3, 0.4) is 0 Å². The van der Waals surface area contributed by atoms with Crippen molar-refractivity contribution < 1.29 is 22.4 Å². The van der Waals surface area contributed by atoms with Crippen LogP contribution in [-0.4, -0.2) is 15.7 Å². The highest BCUT2D eigenvalue weighted by molar-refractivity contribution is 7.20. The maximum absolute atomic E-state index is 13.4. The van der Waals surface area contributed by atoms with Crippen molar-refractivity contribution in [2.45, 2.75) is 12.7 Å². The van der Waals surface area contributed by atoms with Crippen LogP contribution >= 0.6 is 11.3 Å². The molecule has 4 rings (SSSR count). The summed E-state index contributed by atoms with van der Waals surface area (Å²) in [6.45, 7) is 0.150. The van der Waals surface area contributed by atoms with Gasteiger partial charge < -0.3 is 9.73 Å². The molecule has 138 valence electrons. The molecule has 3 heterocycles. The highest BCUT2D eigenvalue weighted by atomic mass is 32.1. The third kappa shape index (κ3) is 3.33. The Balaban J connectivity index is 1.74. The maximum atomic E-state index is 13.4. The Morgan fingerprint density at radius 3 is 2.63 bits per heavy atom. The Bertz CT molecular complexity index is 1080. The highest BCUT2D eigenvalue weighted by Crippen LogP contribution is 2.38. The topological polar surface area (TPSA) is 60.1 Å². The Kier molecular flexibility index (Phi) is 4.23. The molecule has 0 bridgehead atoms. The van der Waals surface area contributed by atoms with Gasteiger partial charge in [0.15, 0.2) is 5.69 Å². The highest BCUT2D eigenvalue weighted by Gasteiger charge is 2.38. The summed E-state index contributed by atoms with van der Waals surface area (Å²) in [5, 5.41) is 6.27. The van der Waals surface area contributed by atoms with Crippen LogP contribution in [0, 0.1) is 0 Å². The molecule has 0 radical (unpaired) electrons. The van der Waals surface area contributed by atoms with E-state index in [1.165, 1.54) is 17.0 Å². The summed E-state index contributed by atoms with van der Waals surface area (Å²) in [5.41, 5.74) is -0.523. The van der Waals surface area contributed by atoms with E-state index in [1.54, 1.807) is 42.5 Å². The SMILES string of the molecule is O=C(NCc1ccco1)c1cc2c(C(F)(F)F)nn(-c3ccccc3)c2s1. The minimum atomic E-state index is -4.62. The van der Waals surface area contributed by atoms with Gasteiger partial charge in [-0.25, -0.2) is 4.68 Å². The van der Waals surface area contributed by atoms with E-state index in [0.29, 0.717) is 11.4 Å². The summed E-state index contributed by atoms with van der Waals surface area (Å²) < 4.78 is 46.6. The summed E-state index contributed by atoms with van der Waals surface area (Å²) in [7, 11) is 0. The van der Waals surface area contributed by atoms with E-state index in [4.69, 9.17) is 4.42 Å². The third-order valence-electron chi connectivity index (χ3n) is 3.86. The summed E-state index contributed by atoms with van der Waals surface area (Å²) >= 11 is 0.959. The zero-order chi connectivity index (χ0) is 19.0. The Morgan fingerprint density at radius 2 is 1.96 bits per heavy atom. The van der Waals surface area contributed by atoms with Crippen LogP contribution in [0.5, 0.6) is 0 Å². The van der Waals surface area contributed by atoms with E-state index in [2.05, 4.69) is 10.4 Å². The van der Waals surface area contributed by atoms with Gasteiger partial charge in [0, 0.05) is 5.39 Å². The first kappa shape index (κ1) is 17.3. The largest absolute Gasteiger partial charge is 0.467 e. The number of fused-ring (bicyclic) bond motifs is 1. The van der Waals surface area contributed by atoms with Crippen molar-refractivity contribution in [2.24, 2.45) is 0 Å². The number of carbonyl (C=O) groups excluding carboxylic acids is 1. The van der Waals surface area contributed by atoms with Gasteiger partial charge in [-0.15, -0.1) is 11.3 Å². The van der Waals surface area contributed by atoms with Gasteiger partial charge in [-0.3, -0.25) is 4.79 Å². The number of aromatic nitrogens is 2. The fourth-order valence-electron chi connectivity index (χ4n) is 2.64. The van der Waals surface area contributed by atoms with Crippen LogP contribution < -0.4 is 5.32 Å². The lowest BCUT2D eigenvalue weighted by Crippen LogP contribution is -2.21. The molecule has 3 aromatic heterocycles. The first-order valence-corrected chi connectivity index (χ1v) is 8.71. The van der Waals surface area contributed by atoms with Gasteiger partial charge in [0.2, 0.25) is 0 Å². The Labute approximate surface area is 155 Å². The van der Waals surface area contributed by atoms with Crippen molar-refractivity contribution >= 4 is 27.5 Å². The fraction of sp³-hybridized carbons (Fsp3) is 0.111. The minimum Gasteiger partial charge on any atom is -0.467 e. The molecule has 1 amide bonds. The number of alkyl halides is 3. The number of benzene rings is 1. The summed E-state index contributed by atoms with van der Waals surface area (Å²) in [6, 6.07) is 13.1. The van der Waals surface area contributed by atoms with Crippen molar-refractivity contribution in [1.29, 1.82) is 0 Å². The van der Waals surface area contributed by atoms with E-state index in [0.717, 1.165) is 11.3 Å². The molecule has 4 aromatic rings. The van der Waals surface area contributed by atoms with E-state index < -0.39 is 17.8 Å². The third-order valence-corrected chi connectivity index (χ3v) is 4.97. The molecule has 1 aromatic carbocycles. The number of nitrogens with one attached hydrogen (secondary N) is 1. The first-order chi connectivity index (χ1) is 12.9. The predicted octanol–water partition coefficient (Wildman–Crippen LogP) is 4.63. The molecule has 0 spiro atoms. The predicted molar refractivity (Wildman–Crippen MR) is 93.8 cm³/mol. The van der Waals surface area contributed by atoms with E-state index in [9.17, 15) is 18.0 Å². The van der Waals surface area contributed by atoms with Crippen LogP contribution in [0.1, 0.15) is 21.1 Å². The molecule has 0 atom stereocenters. The standard InChI is InChI=1S/C18H12F3N3O2S/c19-18(20,21)15-13-9-14(16(25)22-10-12-7-4-8-26-12)27-17(13)24(23-15)11-5-2-1-3-6-11/h1-9H,10H2,(H,22,25). The van der Waals surface area contributed by atoms with Crippen molar-refractivity contribution in [3.8, 4) is 5.69 Å². The van der Waals surface area contributed by atoms with Gasteiger partial charge in [0.1, 0.15) is 10.6 Å². The van der Waals surface area contributed by atoms with Gasteiger partial charge in [0.05, 0.1) is 23.4 Å². The zero-order valence-corrected chi connectivity index (χ0v) is 14.5. The molecule has 0 aliphatic heterocycles. The van der Waals surface area contributed by atoms with Crippen molar-refractivity contribution in [3.05, 3.63) is 71.1 Å². The number of nitrogens with zero attached hydrogens (tertiary/aromatic N) is 2. The number of rotatable bonds is 4. The molecule has 0 saturated carbocycles. The minimum absolute atomic E-state index is 0.0977. The number of hydrogen-bond donors (Lipinski definition) is 1. The molecular formula is C18H12F3N3O2S. The average Bonchev–Trinajstić information content (AvgIpc) is 3.35. The van der Waals surface area contributed by atoms with E-state index in [-0.39, 0.29) is 21.6 Å². The van der Waals surface area contributed by atoms with Crippen LogP contribution in [0.15, 0.2) is 59.2 Å². The van der Waals surface area contributed by atoms with Crippen LogP contribution in [-0.2, 0) is 12.7 Å². The van der Waals surface area contributed by atoms with Crippen molar-refractivity contribution in [2.75, 3.05) is 0 Å². The van der Waals surface area contributed by atoms with Gasteiger partial charge in [-0.2, -0.15) is 18.3 Å². The number of para-hydroxylation sites is 1. The van der Waals surface area contributed by atoms with Gasteiger partial charge in [0.25, 0.3) is 5.91 Å². The number of thiophene rings is 1. The number of halogens is 3. The summed E-state index contributed by atoms with van der Waals surface area (Å²) in [5.74, 6) is 0.0799. The van der Waals surface area contributed by atoms with Crippen molar-refractivity contribution in [1.82, 2.24) is 15.1 Å². The lowest BCUT2D eigenvalue weighted by atomic mass is 10.2. The molecule has 0 aliphatic carbocycles. The molecular weight excluding hydrogens is 379 g/mol. The molecule has 5 nitrogen and oxygen atoms in total. The maximum Gasteiger partial charge on any atom is 0.435 e. The van der Waals surface area contributed by atoms with Crippen LogP contribution in [0.2, 0.25) is 0 Å². The number of hydrogen-bond acceptors (Lipinski definition) is 4. The molecule has 0 aliphatic rings. The second-order valence-corrected chi connectivity index (χ2v) is 6.72. The Hall–Kier alpha value is -3.07. The Morgan fingerprint density at radius 1 is 1.19 bits per heavy atom. The quantitative estimate of drug-likeness (QED) is 0.552. The first-order valence-electron chi connectivity index (χ1n) is 7.89. The molecule has 0 unspecified atom stereocenters. The number of amides is 1. The van der Waals surface area contributed by atoms with Crippen molar-refractivity contribution in [3.63, 3.8) is 0 Å². The lowest BCUT2D eigenvalue weighted by Gasteiger charge is -2.04. The zero-order valence-electron chi connectivity index (χ0n) is 13.7. The fourth-order valence-corrected chi connectivity index (χ4v) is 3.69. The second-order valence-electron chi connectivity index (χ2n) is 5.69. The number of carbonyl (C=O) groups is 1. The van der Waals surface area contributed by atoms with Gasteiger partial charge in [-0.05, 0) is 30.3 Å². The number of furan rings is 1.